The van der Waals surface area contributed by atoms with Crippen molar-refractivity contribution in [3.8, 4) is 0 Å². The van der Waals surface area contributed by atoms with Crippen LogP contribution in [0.5, 0.6) is 0 Å². The van der Waals surface area contributed by atoms with Gasteiger partial charge in [-0.1, -0.05) is 18.2 Å². The van der Waals surface area contributed by atoms with E-state index in [-0.39, 0.29) is 5.91 Å². The Balaban J connectivity index is 1.67. The molecule has 0 bridgehead atoms. The van der Waals surface area contributed by atoms with Crippen LogP contribution in [-0.4, -0.2) is 54.4 Å². The Bertz CT molecular complexity index is 702. The van der Waals surface area contributed by atoms with Crippen molar-refractivity contribution in [3.63, 3.8) is 0 Å². The molecule has 1 amide bonds. The zero-order chi connectivity index (χ0) is 17.6. The maximum atomic E-state index is 13.0. The van der Waals surface area contributed by atoms with E-state index in [1.165, 1.54) is 0 Å². The van der Waals surface area contributed by atoms with Crippen LogP contribution in [0.4, 0.5) is 5.69 Å². The van der Waals surface area contributed by atoms with Crippen LogP contribution >= 0.6 is 0 Å². The van der Waals surface area contributed by atoms with Gasteiger partial charge in [0.1, 0.15) is 0 Å². The van der Waals surface area contributed by atoms with E-state index in [9.17, 15) is 4.79 Å². The van der Waals surface area contributed by atoms with Crippen LogP contribution in [0, 0.1) is 5.92 Å². The molecule has 2 heterocycles. The number of carbonyl (C=O) groups excluding carboxylic acids is 1. The van der Waals surface area contributed by atoms with E-state index < -0.39 is 0 Å². The maximum absolute atomic E-state index is 13.0. The lowest BCUT2D eigenvalue weighted by atomic mass is 10.1. The van der Waals surface area contributed by atoms with E-state index in [1.54, 1.807) is 6.20 Å². The Hall–Kier alpha value is -2.40. The van der Waals surface area contributed by atoms with Gasteiger partial charge in [0.25, 0.3) is 5.91 Å². The highest BCUT2D eigenvalue weighted by molar-refractivity contribution is 5.99. The minimum absolute atomic E-state index is 0.121. The fraction of sp³-hybridized carbons (Fsp3) is 0.400. The molecule has 5 nitrogen and oxygen atoms in total. The molecule has 132 valence electrons. The van der Waals surface area contributed by atoms with Gasteiger partial charge in [-0.15, -0.1) is 0 Å². The van der Waals surface area contributed by atoms with Crippen molar-refractivity contribution in [2.75, 3.05) is 39.0 Å². The molecule has 1 N–H and O–H groups in total. The Morgan fingerprint density at radius 3 is 2.88 bits per heavy atom. The number of anilines is 1. The van der Waals surface area contributed by atoms with Crippen LogP contribution in [0.15, 0.2) is 48.8 Å². The van der Waals surface area contributed by atoms with Gasteiger partial charge in [0.15, 0.2) is 0 Å². The molecule has 3 rings (SSSR count). The molecule has 1 fully saturated rings. The van der Waals surface area contributed by atoms with E-state index in [2.05, 4.69) is 29.3 Å². The average Bonchev–Trinajstić information content (AvgIpc) is 3.08. The highest BCUT2D eigenvalue weighted by atomic mass is 16.2. The lowest BCUT2D eigenvalue weighted by Crippen LogP contribution is -2.31. The third-order valence-electron chi connectivity index (χ3n) is 4.56. The first-order chi connectivity index (χ1) is 12.1. The quantitative estimate of drug-likeness (QED) is 0.880. The van der Waals surface area contributed by atoms with Crippen LogP contribution in [0.3, 0.4) is 0 Å². The second kappa shape index (κ2) is 8.12. The summed E-state index contributed by atoms with van der Waals surface area (Å²) in [6, 6.07) is 11.7. The summed E-state index contributed by atoms with van der Waals surface area (Å²) in [5.41, 5.74) is 2.72. The molecule has 1 aromatic heterocycles. The first-order valence-electron chi connectivity index (χ1n) is 8.79. The fourth-order valence-electron chi connectivity index (χ4n) is 3.38. The first kappa shape index (κ1) is 17.4. The maximum Gasteiger partial charge on any atom is 0.255 e. The summed E-state index contributed by atoms with van der Waals surface area (Å²) in [5.74, 6) is 0.685. The van der Waals surface area contributed by atoms with E-state index in [0.717, 1.165) is 42.9 Å². The Kier molecular flexibility index (Phi) is 5.66. The molecule has 0 radical (unpaired) electrons. The van der Waals surface area contributed by atoms with Gasteiger partial charge in [0, 0.05) is 44.3 Å². The minimum Gasteiger partial charge on any atom is -0.380 e. The summed E-state index contributed by atoms with van der Waals surface area (Å²) in [6.07, 6.45) is 4.68. The fourth-order valence-corrected chi connectivity index (χ4v) is 3.38. The van der Waals surface area contributed by atoms with E-state index >= 15 is 0 Å². The number of hydrogen-bond donors (Lipinski definition) is 1. The van der Waals surface area contributed by atoms with Crippen molar-refractivity contribution < 1.29 is 4.79 Å². The van der Waals surface area contributed by atoms with Gasteiger partial charge in [-0.25, -0.2) is 0 Å². The van der Waals surface area contributed by atoms with Gasteiger partial charge in [-0.05, 0) is 50.2 Å². The number of carbonyl (C=O) groups is 1. The zero-order valence-electron chi connectivity index (χ0n) is 15.0. The summed E-state index contributed by atoms with van der Waals surface area (Å²) in [4.78, 5) is 21.3. The second-order valence-corrected chi connectivity index (χ2v) is 6.93. The van der Waals surface area contributed by atoms with Crippen molar-refractivity contribution in [1.29, 1.82) is 0 Å². The largest absolute Gasteiger partial charge is 0.380 e. The minimum atomic E-state index is 0.121. The van der Waals surface area contributed by atoms with Crippen molar-refractivity contribution in [1.82, 2.24) is 14.8 Å². The number of nitrogens with one attached hydrogen (secondary N) is 1. The molecule has 2 aromatic rings. The van der Waals surface area contributed by atoms with Crippen LogP contribution in [-0.2, 0) is 6.54 Å². The summed E-state index contributed by atoms with van der Waals surface area (Å²) in [5, 5.41) is 3.38. The molecule has 0 saturated carbocycles. The first-order valence-corrected chi connectivity index (χ1v) is 8.79. The normalized spacial score (nSPS) is 17.1. The van der Waals surface area contributed by atoms with Gasteiger partial charge in [0.2, 0.25) is 0 Å². The molecular weight excluding hydrogens is 312 g/mol. The molecule has 0 aliphatic carbocycles. The topological polar surface area (TPSA) is 48.5 Å². The van der Waals surface area contributed by atoms with E-state index in [0.29, 0.717) is 12.5 Å². The van der Waals surface area contributed by atoms with Gasteiger partial charge in [-0.2, -0.15) is 0 Å². The number of rotatable bonds is 6. The number of amides is 1. The highest BCUT2D eigenvalue weighted by Gasteiger charge is 2.28. The molecule has 0 unspecified atom stereocenters. The van der Waals surface area contributed by atoms with Crippen LogP contribution in [0.1, 0.15) is 22.3 Å². The summed E-state index contributed by atoms with van der Waals surface area (Å²) < 4.78 is 0. The third kappa shape index (κ3) is 4.57. The van der Waals surface area contributed by atoms with E-state index in [1.807, 2.05) is 47.5 Å². The SMILES string of the molecule is CN(C)C[C@H]1CCN(C(=O)c2ccccc2NCc2cccnc2)C1. The number of likely N-dealkylation sites (tertiary alicyclic amines) is 1. The Labute approximate surface area is 149 Å². The molecule has 1 aliphatic heterocycles. The molecule has 0 spiro atoms. The number of hydrogen-bond acceptors (Lipinski definition) is 4. The molecule has 1 atom stereocenters. The summed E-state index contributed by atoms with van der Waals surface area (Å²) >= 11 is 0. The molecule has 25 heavy (non-hydrogen) atoms. The average molecular weight is 338 g/mol. The monoisotopic (exact) mass is 338 g/mol. The number of aromatic nitrogens is 1. The predicted octanol–water partition coefficient (Wildman–Crippen LogP) is 2.72. The van der Waals surface area contributed by atoms with E-state index in [4.69, 9.17) is 0 Å². The van der Waals surface area contributed by atoms with Crippen LogP contribution in [0.2, 0.25) is 0 Å². The molecular formula is C20H26N4O. The van der Waals surface area contributed by atoms with Crippen molar-refractivity contribution in [2.45, 2.75) is 13.0 Å². The summed E-state index contributed by atoms with van der Waals surface area (Å²) in [6.45, 7) is 3.37. The molecule has 1 aromatic carbocycles. The van der Waals surface area contributed by atoms with Gasteiger partial charge in [0.05, 0.1) is 5.56 Å². The molecule has 1 aliphatic rings. The third-order valence-corrected chi connectivity index (χ3v) is 4.56. The van der Waals surface area contributed by atoms with Crippen molar-refractivity contribution in [2.24, 2.45) is 5.92 Å². The number of nitrogens with zero attached hydrogens (tertiary/aromatic N) is 3. The zero-order valence-corrected chi connectivity index (χ0v) is 15.0. The Morgan fingerprint density at radius 2 is 2.12 bits per heavy atom. The number of pyridine rings is 1. The second-order valence-electron chi connectivity index (χ2n) is 6.93. The number of benzene rings is 1. The highest BCUT2D eigenvalue weighted by Crippen LogP contribution is 2.23. The standard InChI is InChI=1S/C20H26N4O/c1-23(2)14-17-9-11-24(15-17)20(25)18-7-3-4-8-19(18)22-13-16-6-5-10-21-12-16/h3-8,10,12,17,22H,9,11,13-15H2,1-2H3/t17-/m1/s1. The molecule has 5 heteroatoms. The Morgan fingerprint density at radius 1 is 1.28 bits per heavy atom. The van der Waals surface area contributed by atoms with Crippen LogP contribution < -0.4 is 5.32 Å². The lowest BCUT2D eigenvalue weighted by molar-refractivity contribution is 0.0786. The predicted molar refractivity (Wildman–Crippen MR) is 101 cm³/mol. The van der Waals surface area contributed by atoms with Gasteiger partial charge in [-0.3, -0.25) is 9.78 Å². The lowest BCUT2D eigenvalue weighted by Gasteiger charge is -2.20. The van der Waals surface area contributed by atoms with Crippen LogP contribution in [0.25, 0.3) is 0 Å². The summed E-state index contributed by atoms with van der Waals surface area (Å²) in [7, 11) is 4.17. The number of para-hydroxylation sites is 1. The van der Waals surface area contributed by atoms with Gasteiger partial charge < -0.3 is 15.1 Å². The van der Waals surface area contributed by atoms with Crippen molar-refractivity contribution >= 4 is 11.6 Å². The van der Waals surface area contributed by atoms with Crippen molar-refractivity contribution in [3.05, 3.63) is 59.9 Å². The molecule has 1 saturated heterocycles. The smallest absolute Gasteiger partial charge is 0.255 e. The van der Waals surface area contributed by atoms with Gasteiger partial charge >= 0.3 is 0 Å².